The molecule has 1 amide bonds. The number of ether oxygens (including phenoxy) is 1. The van der Waals surface area contributed by atoms with Crippen molar-refractivity contribution < 1.29 is 19.4 Å². The van der Waals surface area contributed by atoms with Gasteiger partial charge in [-0.3, -0.25) is 0 Å². The summed E-state index contributed by atoms with van der Waals surface area (Å²) in [6, 6.07) is 20.6. The molecule has 0 bridgehead atoms. The lowest BCUT2D eigenvalue weighted by Gasteiger charge is -2.17. The van der Waals surface area contributed by atoms with Gasteiger partial charge in [0.15, 0.2) is 0 Å². The fraction of sp³-hybridized carbons (Fsp3) is 0.192. The zero-order valence-corrected chi connectivity index (χ0v) is 18.1. The summed E-state index contributed by atoms with van der Waals surface area (Å²) in [4.78, 5) is 29.0. The third-order valence-electron chi connectivity index (χ3n) is 6.16. The first-order valence-corrected chi connectivity index (χ1v) is 10.8. The summed E-state index contributed by atoms with van der Waals surface area (Å²) in [6.07, 6.45) is 1.17. The zero-order chi connectivity index (χ0) is 22.9. The second kappa shape index (κ2) is 8.43. The molecule has 2 aromatic carbocycles. The van der Waals surface area contributed by atoms with Gasteiger partial charge in [-0.1, -0.05) is 54.6 Å². The van der Waals surface area contributed by atoms with Crippen molar-refractivity contribution in [2.45, 2.75) is 25.3 Å². The summed E-state index contributed by atoms with van der Waals surface area (Å²) in [5.41, 5.74) is 6.65. The molecule has 7 heteroatoms. The van der Waals surface area contributed by atoms with Gasteiger partial charge in [0, 0.05) is 24.2 Å². The minimum absolute atomic E-state index is 0.0903. The predicted molar refractivity (Wildman–Crippen MR) is 123 cm³/mol. The molecule has 1 aliphatic carbocycles. The largest absolute Gasteiger partial charge is 0.480 e. The van der Waals surface area contributed by atoms with Crippen LogP contribution < -0.4 is 5.32 Å². The fourth-order valence-corrected chi connectivity index (χ4v) is 4.59. The SMILES string of the molecule is Cc1nc2ccccn2c1CC(NC(=O)OCC1c2ccccc2-c2ccccc21)C(=O)O. The number of hydrogen-bond donors (Lipinski definition) is 2. The number of benzene rings is 2. The van der Waals surface area contributed by atoms with Crippen molar-refractivity contribution in [3.63, 3.8) is 0 Å². The Kier molecular flexibility index (Phi) is 5.30. The van der Waals surface area contributed by atoms with E-state index in [1.165, 1.54) is 0 Å². The highest BCUT2D eigenvalue weighted by Gasteiger charge is 2.30. The molecule has 4 aromatic rings. The number of nitrogens with one attached hydrogen (secondary N) is 1. The first-order valence-electron chi connectivity index (χ1n) is 10.8. The van der Waals surface area contributed by atoms with Crippen LogP contribution in [0.5, 0.6) is 0 Å². The smallest absolute Gasteiger partial charge is 0.407 e. The van der Waals surface area contributed by atoms with Crippen LogP contribution in [0.4, 0.5) is 4.79 Å². The predicted octanol–water partition coefficient (Wildman–Crippen LogP) is 4.18. The molecule has 1 unspecified atom stereocenters. The van der Waals surface area contributed by atoms with Crippen molar-refractivity contribution in [1.29, 1.82) is 0 Å². The van der Waals surface area contributed by atoms with E-state index in [0.29, 0.717) is 0 Å². The lowest BCUT2D eigenvalue weighted by molar-refractivity contribution is -0.139. The van der Waals surface area contributed by atoms with Crippen LogP contribution in [0.1, 0.15) is 28.4 Å². The number of carbonyl (C=O) groups is 2. The van der Waals surface area contributed by atoms with E-state index in [1.54, 1.807) is 0 Å². The molecule has 5 rings (SSSR count). The molecule has 166 valence electrons. The zero-order valence-electron chi connectivity index (χ0n) is 18.1. The van der Waals surface area contributed by atoms with Gasteiger partial charge in [-0.25, -0.2) is 14.6 Å². The molecule has 33 heavy (non-hydrogen) atoms. The molecule has 0 saturated carbocycles. The Morgan fingerprint density at radius 2 is 1.67 bits per heavy atom. The van der Waals surface area contributed by atoms with Gasteiger partial charge >= 0.3 is 12.1 Å². The van der Waals surface area contributed by atoms with E-state index in [0.717, 1.165) is 39.3 Å². The number of carbonyl (C=O) groups excluding carboxylic acids is 1. The summed E-state index contributed by atoms with van der Waals surface area (Å²) in [5.74, 6) is -1.22. The fourth-order valence-electron chi connectivity index (χ4n) is 4.59. The standard InChI is InChI=1S/C26H23N3O4/c1-16-23(29-13-7-6-12-24(29)27-16)14-22(25(30)31)28-26(32)33-15-21-19-10-4-2-8-17(19)18-9-3-5-11-20(18)21/h2-13,21-22H,14-15H2,1H3,(H,28,32)(H,30,31). The van der Waals surface area contributed by atoms with E-state index < -0.39 is 18.1 Å². The van der Waals surface area contributed by atoms with Gasteiger partial charge in [0.25, 0.3) is 0 Å². The quantitative estimate of drug-likeness (QED) is 0.468. The third kappa shape index (κ3) is 3.82. The van der Waals surface area contributed by atoms with E-state index in [-0.39, 0.29) is 18.9 Å². The number of nitrogens with zero attached hydrogens (tertiary/aromatic N) is 2. The molecule has 1 aliphatic rings. The molecule has 0 aliphatic heterocycles. The maximum absolute atomic E-state index is 12.6. The highest BCUT2D eigenvalue weighted by Crippen LogP contribution is 2.44. The molecule has 1 atom stereocenters. The first-order chi connectivity index (χ1) is 16.0. The van der Waals surface area contributed by atoms with Crippen molar-refractivity contribution in [1.82, 2.24) is 14.7 Å². The number of pyridine rings is 1. The third-order valence-corrected chi connectivity index (χ3v) is 6.16. The average Bonchev–Trinajstić information content (AvgIpc) is 3.31. The molecule has 0 spiro atoms. The van der Waals surface area contributed by atoms with Gasteiger partial charge in [0.05, 0.1) is 5.69 Å². The Bertz CT molecular complexity index is 1320. The summed E-state index contributed by atoms with van der Waals surface area (Å²) >= 11 is 0. The van der Waals surface area contributed by atoms with E-state index >= 15 is 0 Å². The summed E-state index contributed by atoms with van der Waals surface area (Å²) < 4.78 is 7.36. The Balaban J connectivity index is 1.30. The number of carboxylic acid groups (broad SMARTS) is 1. The number of fused-ring (bicyclic) bond motifs is 4. The lowest BCUT2D eigenvalue weighted by Crippen LogP contribution is -2.43. The second-order valence-corrected chi connectivity index (χ2v) is 8.14. The van der Waals surface area contributed by atoms with Gasteiger partial charge in [-0.2, -0.15) is 0 Å². The van der Waals surface area contributed by atoms with Gasteiger partial charge < -0.3 is 19.6 Å². The van der Waals surface area contributed by atoms with Crippen LogP contribution in [0, 0.1) is 6.92 Å². The number of aryl methyl sites for hydroxylation is 1. The molecular weight excluding hydrogens is 418 g/mol. The molecule has 0 radical (unpaired) electrons. The van der Waals surface area contributed by atoms with E-state index in [1.807, 2.05) is 72.1 Å². The van der Waals surface area contributed by atoms with Crippen LogP contribution in [-0.4, -0.2) is 39.2 Å². The minimum Gasteiger partial charge on any atom is -0.480 e. The maximum atomic E-state index is 12.6. The molecule has 2 N–H and O–H groups in total. The van der Waals surface area contributed by atoms with Crippen LogP contribution in [-0.2, 0) is 16.0 Å². The van der Waals surface area contributed by atoms with E-state index in [9.17, 15) is 14.7 Å². The minimum atomic E-state index is -1.14. The molecule has 2 heterocycles. The monoisotopic (exact) mass is 441 g/mol. The average molecular weight is 441 g/mol. The Morgan fingerprint density at radius 1 is 1.03 bits per heavy atom. The maximum Gasteiger partial charge on any atom is 0.407 e. The highest BCUT2D eigenvalue weighted by atomic mass is 16.5. The number of hydrogen-bond acceptors (Lipinski definition) is 4. The van der Waals surface area contributed by atoms with Gasteiger partial charge in [0.1, 0.15) is 18.3 Å². The number of amides is 1. The van der Waals surface area contributed by atoms with Gasteiger partial charge in [0.2, 0.25) is 0 Å². The second-order valence-electron chi connectivity index (χ2n) is 8.14. The number of aromatic nitrogens is 2. The van der Waals surface area contributed by atoms with E-state index in [4.69, 9.17) is 4.74 Å². The molecule has 0 saturated heterocycles. The van der Waals surface area contributed by atoms with Crippen LogP contribution in [0.2, 0.25) is 0 Å². The van der Waals surface area contributed by atoms with Crippen LogP contribution in [0.15, 0.2) is 72.9 Å². The first kappa shape index (κ1) is 20.8. The van der Waals surface area contributed by atoms with Crippen LogP contribution >= 0.6 is 0 Å². The van der Waals surface area contributed by atoms with Crippen LogP contribution in [0.25, 0.3) is 16.8 Å². The normalized spacial score (nSPS) is 13.4. The van der Waals surface area contributed by atoms with Gasteiger partial charge in [-0.15, -0.1) is 0 Å². The number of imidazole rings is 1. The summed E-state index contributed by atoms with van der Waals surface area (Å²) in [5, 5.41) is 12.2. The Hall–Kier alpha value is -4.13. The van der Waals surface area contributed by atoms with Crippen LogP contribution in [0.3, 0.4) is 0 Å². The Morgan fingerprint density at radius 3 is 2.33 bits per heavy atom. The highest BCUT2D eigenvalue weighted by molar-refractivity contribution is 5.81. The lowest BCUT2D eigenvalue weighted by atomic mass is 9.98. The summed E-state index contributed by atoms with van der Waals surface area (Å²) in [6.45, 7) is 1.95. The van der Waals surface area contributed by atoms with Crippen molar-refractivity contribution in [2.24, 2.45) is 0 Å². The van der Waals surface area contributed by atoms with Crippen molar-refractivity contribution >= 4 is 17.7 Å². The number of alkyl carbamates (subject to hydrolysis) is 1. The Labute approximate surface area is 190 Å². The topological polar surface area (TPSA) is 92.9 Å². The van der Waals surface area contributed by atoms with Gasteiger partial charge in [-0.05, 0) is 41.3 Å². The van der Waals surface area contributed by atoms with Crippen molar-refractivity contribution in [3.05, 3.63) is 95.4 Å². The van der Waals surface area contributed by atoms with E-state index in [2.05, 4.69) is 22.4 Å². The molecule has 0 fully saturated rings. The van der Waals surface area contributed by atoms with Crippen molar-refractivity contribution in [2.75, 3.05) is 6.61 Å². The van der Waals surface area contributed by atoms with Crippen molar-refractivity contribution in [3.8, 4) is 11.1 Å². The summed E-state index contributed by atoms with van der Waals surface area (Å²) in [7, 11) is 0. The number of aliphatic carboxylic acids is 1. The molecule has 7 nitrogen and oxygen atoms in total. The molecule has 2 aromatic heterocycles. The number of carboxylic acids is 1. The molecular formula is C26H23N3O4. The number of rotatable bonds is 6.